The predicted octanol–water partition coefficient (Wildman–Crippen LogP) is 6.36. The lowest BCUT2D eigenvalue weighted by Gasteiger charge is -2.26. The molecule has 0 fully saturated rings. The van der Waals surface area contributed by atoms with E-state index in [9.17, 15) is 4.79 Å². The molecule has 2 aromatic carbocycles. The minimum Gasteiger partial charge on any atom is -0.294 e. The molecule has 0 amide bonds. The third kappa shape index (κ3) is 3.29. The van der Waals surface area contributed by atoms with E-state index in [1.54, 1.807) is 0 Å². The molecule has 0 saturated heterocycles. The van der Waals surface area contributed by atoms with E-state index in [0.717, 1.165) is 18.4 Å². The van der Waals surface area contributed by atoms with Crippen molar-refractivity contribution >= 4 is 5.78 Å². The van der Waals surface area contributed by atoms with E-state index in [-0.39, 0.29) is 11.3 Å². The van der Waals surface area contributed by atoms with Gasteiger partial charge < -0.3 is 0 Å². The number of ketones is 1. The van der Waals surface area contributed by atoms with Crippen molar-refractivity contribution in [1.29, 1.82) is 0 Å². The van der Waals surface area contributed by atoms with Gasteiger partial charge in [0, 0.05) is 11.5 Å². The van der Waals surface area contributed by atoms with Crippen LogP contribution in [0.5, 0.6) is 0 Å². The van der Waals surface area contributed by atoms with Gasteiger partial charge in [-0.3, -0.25) is 4.79 Å². The molecule has 0 N–H and O–H groups in total. The van der Waals surface area contributed by atoms with Gasteiger partial charge in [-0.05, 0) is 65.0 Å². The van der Waals surface area contributed by atoms with Gasteiger partial charge in [0.2, 0.25) is 0 Å². The molecule has 1 aliphatic carbocycles. The van der Waals surface area contributed by atoms with Gasteiger partial charge in [-0.15, -0.1) is 0 Å². The first-order valence-electron chi connectivity index (χ1n) is 9.46. The topological polar surface area (TPSA) is 17.1 Å². The van der Waals surface area contributed by atoms with Crippen LogP contribution in [0.4, 0.5) is 0 Å². The van der Waals surface area contributed by atoms with Crippen LogP contribution in [-0.2, 0) is 11.8 Å². The van der Waals surface area contributed by atoms with Crippen LogP contribution in [0.2, 0.25) is 0 Å². The highest BCUT2D eigenvalue weighted by Crippen LogP contribution is 2.43. The highest BCUT2D eigenvalue weighted by atomic mass is 16.1. The quantitative estimate of drug-likeness (QED) is 0.638. The Bertz CT molecular complexity index is 791. The van der Waals surface area contributed by atoms with Crippen LogP contribution in [-0.4, -0.2) is 5.78 Å². The molecule has 1 aliphatic rings. The molecule has 0 bridgehead atoms. The van der Waals surface area contributed by atoms with Crippen molar-refractivity contribution < 1.29 is 4.79 Å². The zero-order valence-corrected chi connectivity index (χ0v) is 16.4. The lowest BCUT2D eigenvalue weighted by molar-refractivity contribution is 0.0922. The minimum absolute atomic E-state index is 0.0268. The SMILES string of the molecule is Cc1c(C(C)(C)C)cc2c(c1-c1ccccc1)CC(CC(C)C)C2=O. The van der Waals surface area contributed by atoms with Crippen LogP contribution < -0.4 is 0 Å². The maximum atomic E-state index is 13.1. The second-order valence-corrected chi connectivity index (χ2v) is 8.96. The fraction of sp³-hybridized carbons (Fsp3) is 0.458. The van der Waals surface area contributed by atoms with E-state index < -0.39 is 0 Å². The van der Waals surface area contributed by atoms with Crippen molar-refractivity contribution in [3.8, 4) is 11.1 Å². The van der Waals surface area contributed by atoms with Crippen LogP contribution in [0.3, 0.4) is 0 Å². The second-order valence-electron chi connectivity index (χ2n) is 8.96. The lowest BCUT2D eigenvalue weighted by Crippen LogP contribution is -2.16. The van der Waals surface area contributed by atoms with Crippen molar-refractivity contribution in [3.05, 3.63) is 58.7 Å². The predicted molar refractivity (Wildman–Crippen MR) is 106 cm³/mol. The van der Waals surface area contributed by atoms with Crippen molar-refractivity contribution in [1.82, 2.24) is 0 Å². The van der Waals surface area contributed by atoms with Crippen LogP contribution in [0.1, 0.15) is 68.1 Å². The van der Waals surface area contributed by atoms with Gasteiger partial charge in [-0.25, -0.2) is 0 Å². The summed E-state index contributed by atoms with van der Waals surface area (Å²) in [5.74, 6) is 1.05. The number of carbonyl (C=O) groups is 1. The lowest BCUT2D eigenvalue weighted by atomic mass is 9.78. The average molecular weight is 335 g/mol. The molecule has 0 aliphatic heterocycles. The maximum Gasteiger partial charge on any atom is 0.166 e. The van der Waals surface area contributed by atoms with Gasteiger partial charge in [0.15, 0.2) is 5.78 Å². The van der Waals surface area contributed by atoms with Crippen LogP contribution >= 0.6 is 0 Å². The number of rotatable bonds is 3. The summed E-state index contributed by atoms with van der Waals surface area (Å²) in [4.78, 5) is 13.1. The molecule has 1 nitrogen and oxygen atoms in total. The van der Waals surface area contributed by atoms with Gasteiger partial charge >= 0.3 is 0 Å². The zero-order chi connectivity index (χ0) is 18.4. The summed E-state index contributed by atoms with van der Waals surface area (Å²) in [5.41, 5.74) is 7.42. The number of hydrogen-bond donors (Lipinski definition) is 0. The Hall–Kier alpha value is -1.89. The van der Waals surface area contributed by atoms with Gasteiger partial charge in [-0.2, -0.15) is 0 Å². The number of Topliss-reactive ketones (excluding diaryl/α,β-unsaturated/α-hetero) is 1. The molecule has 0 aromatic heterocycles. The molecule has 0 heterocycles. The molecule has 2 aromatic rings. The zero-order valence-electron chi connectivity index (χ0n) is 16.4. The first-order chi connectivity index (χ1) is 11.7. The van der Waals surface area contributed by atoms with Gasteiger partial charge in [0.25, 0.3) is 0 Å². The summed E-state index contributed by atoms with van der Waals surface area (Å²) < 4.78 is 0. The summed E-state index contributed by atoms with van der Waals surface area (Å²) in [6.07, 6.45) is 1.87. The maximum absolute atomic E-state index is 13.1. The Labute approximate surface area is 152 Å². The molecule has 0 saturated carbocycles. The molecule has 3 rings (SSSR count). The van der Waals surface area contributed by atoms with Crippen LogP contribution in [0, 0.1) is 18.8 Å². The van der Waals surface area contributed by atoms with Gasteiger partial charge in [0.1, 0.15) is 0 Å². The first kappa shape index (κ1) is 17.9. The largest absolute Gasteiger partial charge is 0.294 e. The Balaban J connectivity index is 2.24. The van der Waals surface area contributed by atoms with E-state index in [0.29, 0.717) is 11.7 Å². The van der Waals surface area contributed by atoms with E-state index in [1.807, 2.05) is 0 Å². The molecular formula is C24H30O. The Morgan fingerprint density at radius 1 is 1.12 bits per heavy atom. The molecule has 132 valence electrons. The molecule has 1 heteroatoms. The van der Waals surface area contributed by atoms with E-state index in [1.165, 1.54) is 27.8 Å². The second kappa shape index (κ2) is 6.44. The van der Waals surface area contributed by atoms with Gasteiger partial charge in [0.05, 0.1) is 0 Å². The average Bonchev–Trinajstić information content (AvgIpc) is 2.82. The Morgan fingerprint density at radius 3 is 2.32 bits per heavy atom. The number of hydrogen-bond acceptors (Lipinski definition) is 1. The molecule has 1 atom stereocenters. The standard InChI is InChI=1S/C24H30O/c1-15(2)12-18-13-19-20(23(18)25)14-21(24(4,5)6)16(3)22(19)17-10-8-7-9-11-17/h7-11,14-15,18H,12-13H2,1-6H3. The minimum atomic E-state index is 0.0268. The summed E-state index contributed by atoms with van der Waals surface area (Å²) in [7, 11) is 0. The number of benzene rings is 2. The van der Waals surface area contributed by atoms with Crippen LogP contribution in [0.25, 0.3) is 11.1 Å². The Kier molecular flexibility index (Phi) is 4.62. The highest BCUT2D eigenvalue weighted by molar-refractivity contribution is 6.05. The number of fused-ring (bicyclic) bond motifs is 1. The van der Waals surface area contributed by atoms with Crippen molar-refractivity contribution in [2.24, 2.45) is 11.8 Å². The summed E-state index contributed by atoms with van der Waals surface area (Å²) >= 11 is 0. The van der Waals surface area contributed by atoms with Crippen molar-refractivity contribution in [2.45, 2.75) is 59.8 Å². The molecule has 0 radical (unpaired) electrons. The van der Waals surface area contributed by atoms with E-state index in [4.69, 9.17) is 0 Å². The summed E-state index contributed by atoms with van der Waals surface area (Å²) in [5, 5.41) is 0. The monoisotopic (exact) mass is 334 g/mol. The number of carbonyl (C=O) groups excluding carboxylic acids is 1. The van der Waals surface area contributed by atoms with Gasteiger partial charge in [-0.1, -0.05) is 65.0 Å². The molecule has 1 unspecified atom stereocenters. The van der Waals surface area contributed by atoms with Crippen LogP contribution in [0.15, 0.2) is 36.4 Å². The third-order valence-corrected chi connectivity index (χ3v) is 5.41. The Morgan fingerprint density at radius 2 is 1.76 bits per heavy atom. The fourth-order valence-electron chi connectivity index (χ4n) is 4.36. The molecular weight excluding hydrogens is 304 g/mol. The van der Waals surface area contributed by atoms with E-state index in [2.05, 4.69) is 77.9 Å². The summed E-state index contributed by atoms with van der Waals surface area (Å²) in [6, 6.07) is 12.8. The highest BCUT2D eigenvalue weighted by Gasteiger charge is 2.35. The fourth-order valence-corrected chi connectivity index (χ4v) is 4.36. The summed E-state index contributed by atoms with van der Waals surface area (Å²) in [6.45, 7) is 13.4. The van der Waals surface area contributed by atoms with E-state index >= 15 is 0 Å². The normalized spacial score (nSPS) is 17.2. The molecule has 25 heavy (non-hydrogen) atoms. The van der Waals surface area contributed by atoms with Crippen molar-refractivity contribution in [3.63, 3.8) is 0 Å². The first-order valence-corrected chi connectivity index (χ1v) is 9.46. The molecule has 0 spiro atoms. The smallest absolute Gasteiger partial charge is 0.166 e. The van der Waals surface area contributed by atoms with Crippen molar-refractivity contribution in [2.75, 3.05) is 0 Å². The third-order valence-electron chi connectivity index (χ3n) is 5.41.